The number of anilines is 1. The molecule has 0 aliphatic heterocycles. The van der Waals surface area contributed by atoms with E-state index in [1.807, 2.05) is 0 Å². The Morgan fingerprint density at radius 2 is 2.42 bits per heavy atom. The van der Waals surface area contributed by atoms with Crippen LogP contribution in [0.3, 0.4) is 0 Å². The first-order valence-electron chi connectivity index (χ1n) is 5.61. The number of aldehydes is 1. The fraction of sp³-hybridized carbons (Fsp3) is 0.455. The topological polar surface area (TPSA) is 104 Å². The fourth-order valence-electron chi connectivity index (χ4n) is 1.11. The second-order valence-electron chi connectivity index (χ2n) is 3.61. The second kappa shape index (κ2) is 7.47. The van der Waals surface area contributed by atoms with Crippen LogP contribution in [0.1, 0.15) is 19.5 Å². The van der Waals surface area contributed by atoms with Crippen molar-refractivity contribution >= 4 is 34.4 Å². The highest BCUT2D eigenvalue weighted by Crippen LogP contribution is 2.11. The number of carbonyl (C=O) groups is 2. The molecule has 2 N–H and O–H groups in total. The molecule has 0 saturated carbocycles. The van der Waals surface area contributed by atoms with Crippen molar-refractivity contribution in [3.05, 3.63) is 11.1 Å². The first-order chi connectivity index (χ1) is 9.08. The predicted molar refractivity (Wildman–Crippen MR) is 70.9 cm³/mol. The van der Waals surface area contributed by atoms with Gasteiger partial charge in [-0.25, -0.2) is 4.98 Å². The summed E-state index contributed by atoms with van der Waals surface area (Å²) in [5.41, 5.74) is 5.84. The maximum absolute atomic E-state index is 11.3. The first kappa shape index (κ1) is 15.1. The van der Waals surface area contributed by atoms with E-state index in [4.69, 9.17) is 15.3 Å². The highest BCUT2D eigenvalue weighted by molar-refractivity contribution is 7.13. The molecule has 0 aliphatic rings. The monoisotopic (exact) mass is 285 g/mol. The van der Waals surface area contributed by atoms with E-state index in [0.717, 1.165) is 0 Å². The number of ether oxygens (including phenoxy) is 1. The summed E-state index contributed by atoms with van der Waals surface area (Å²) in [6, 6.07) is 0. The second-order valence-corrected chi connectivity index (χ2v) is 4.50. The smallest absolute Gasteiger partial charge is 0.312 e. The number of esters is 1. The molecule has 1 rings (SSSR count). The average Bonchev–Trinajstić information content (AvgIpc) is 2.81. The van der Waals surface area contributed by atoms with Gasteiger partial charge in [-0.3, -0.25) is 9.59 Å². The van der Waals surface area contributed by atoms with Crippen LogP contribution in [0, 0.1) is 5.92 Å². The van der Waals surface area contributed by atoms with Crippen LogP contribution in [0.5, 0.6) is 0 Å². The van der Waals surface area contributed by atoms with Gasteiger partial charge < -0.3 is 15.3 Å². The third kappa shape index (κ3) is 4.66. The fourth-order valence-corrected chi connectivity index (χ4v) is 1.66. The van der Waals surface area contributed by atoms with Crippen LogP contribution in [0.25, 0.3) is 0 Å². The molecule has 1 unspecified atom stereocenters. The molecule has 19 heavy (non-hydrogen) atoms. The maximum atomic E-state index is 11.3. The van der Waals surface area contributed by atoms with Gasteiger partial charge in [0.1, 0.15) is 12.3 Å². The summed E-state index contributed by atoms with van der Waals surface area (Å²) in [7, 11) is 0. The molecule has 0 saturated heterocycles. The molecule has 7 nitrogen and oxygen atoms in total. The molecule has 1 aromatic heterocycles. The van der Waals surface area contributed by atoms with Gasteiger partial charge in [0.05, 0.1) is 12.5 Å². The van der Waals surface area contributed by atoms with Crippen molar-refractivity contribution in [2.45, 2.75) is 13.8 Å². The number of carbonyl (C=O) groups excluding carboxylic acids is 2. The number of nitrogen functional groups attached to an aromatic ring is 1. The van der Waals surface area contributed by atoms with Gasteiger partial charge in [-0.1, -0.05) is 5.16 Å². The van der Waals surface area contributed by atoms with E-state index in [-0.39, 0.29) is 18.3 Å². The molecule has 0 radical (unpaired) electrons. The number of nitrogens with two attached hydrogens (primary N) is 1. The van der Waals surface area contributed by atoms with Crippen molar-refractivity contribution in [1.29, 1.82) is 0 Å². The lowest BCUT2D eigenvalue weighted by atomic mass is 10.2. The molecule has 1 heterocycles. The Balaban J connectivity index is 2.55. The van der Waals surface area contributed by atoms with E-state index in [0.29, 0.717) is 23.7 Å². The van der Waals surface area contributed by atoms with E-state index in [1.54, 1.807) is 19.2 Å². The summed E-state index contributed by atoms with van der Waals surface area (Å²) in [5, 5.41) is 5.57. The van der Waals surface area contributed by atoms with Gasteiger partial charge in [0.15, 0.2) is 17.1 Å². The van der Waals surface area contributed by atoms with Crippen LogP contribution >= 0.6 is 11.3 Å². The number of hydrogen-bond donors (Lipinski definition) is 1. The largest absolute Gasteiger partial charge is 0.466 e. The van der Waals surface area contributed by atoms with Crippen LogP contribution in [0.2, 0.25) is 0 Å². The maximum Gasteiger partial charge on any atom is 0.312 e. The minimum absolute atomic E-state index is 0.0236. The lowest BCUT2D eigenvalue weighted by molar-refractivity contribution is -0.149. The van der Waals surface area contributed by atoms with Gasteiger partial charge in [-0.05, 0) is 13.8 Å². The van der Waals surface area contributed by atoms with Gasteiger partial charge in [0.25, 0.3) is 0 Å². The van der Waals surface area contributed by atoms with E-state index in [1.165, 1.54) is 11.3 Å². The third-order valence-corrected chi connectivity index (χ3v) is 2.75. The molecule has 0 bridgehead atoms. The van der Waals surface area contributed by atoms with Gasteiger partial charge in [0.2, 0.25) is 0 Å². The molecule has 1 atom stereocenters. The van der Waals surface area contributed by atoms with Gasteiger partial charge in [0, 0.05) is 5.38 Å². The van der Waals surface area contributed by atoms with Crippen molar-refractivity contribution in [3.8, 4) is 0 Å². The minimum atomic E-state index is -0.461. The Kier molecular flexibility index (Phi) is 5.94. The summed E-state index contributed by atoms with van der Waals surface area (Å²) >= 11 is 1.20. The standard InChI is InChI=1S/C11H15N3O4S/c1-3-17-10(16)7(2)5-18-14-8(4-15)9-6-19-11(12)13-9/h4,6-7H,3,5H2,1-2H3,(H2,12,13)/b14-8+. The molecular formula is C11H15N3O4S. The number of rotatable bonds is 7. The van der Waals surface area contributed by atoms with Crippen LogP contribution in [0.15, 0.2) is 10.5 Å². The molecule has 0 amide bonds. The van der Waals surface area contributed by atoms with Crippen molar-refractivity contribution in [2.24, 2.45) is 11.1 Å². The normalized spacial score (nSPS) is 12.8. The molecular weight excluding hydrogens is 270 g/mol. The molecule has 1 aromatic rings. The molecule has 104 valence electrons. The van der Waals surface area contributed by atoms with Gasteiger partial charge in [-0.15, -0.1) is 11.3 Å². The zero-order chi connectivity index (χ0) is 14.3. The Bertz CT molecular complexity index is 472. The molecule has 0 spiro atoms. The number of hydrogen-bond acceptors (Lipinski definition) is 8. The Labute approximate surface area is 114 Å². The van der Waals surface area contributed by atoms with Crippen molar-refractivity contribution in [3.63, 3.8) is 0 Å². The van der Waals surface area contributed by atoms with Gasteiger partial charge >= 0.3 is 5.97 Å². The number of nitrogens with zero attached hydrogens (tertiary/aromatic N) is 2. The lowest BCUT2D eigenvalue weighted by Crippen LogP contribution is -2.19. The highest BCUT2D eigenvalue weighted by Gasteiger charge is 2.15. The summed E-state index contributed by atoms with van der Waals surface area (Å²) in [4.78, 5) is 31.0. The Morgan fingerprint density at radius 1 is 1.68 bits per heavy atom. The summed E-state index contributed by atoms with van der Waals surface area (Å²) in [6.45, 7) is 3.70. The van der Waals surface area contributed by atoms with Crippen molar-refractivity contribution < 1.29 is 19.2 Å². The third-order valence-electron chi connectivity index (χ3n) is 2.07. The SMILES string of the molecule is CCOC(=O)C(C)CO/N=C(\C=O)c1csc(N)n1. The first-order valence-corrected chi connectivity index (χ1v) is 6.49. The van der Waals surface area contributed by atoms with E-state index < -0.39 is 5.92 Å². The minimum Gasteiger partial charge on any atom is -0.466 e. The zero-order valence-corrected chi connectivity index (χ0v) is 11.5. The highest BCUT2D eigenvalue weighted by atomic mass is 32.1. The van der Waals surface area contributed by atoms with Crippen molar-refractivity contribution in [1.82, 2.24) is 4.98 Å². The van der Waals surface area contributed by atoms with Crippen LogP contribution in [-0.2, 0) is 19.2 Å². The summed E-state index contributed by atoms with van der Waals surface area (Å²) in [5.74, 6) is -0.833. The number of thiazole rings is 1. The number of aromatic nitrogens is 1. The Hall–Kier alpha value is -1.96. The van der Waals surface area contributed by atoms with Crippen LogP contribution in [-0.4, -0.2) is 36.2 Å². The molecule has 0 aromatic carbocycles. The van der Waals surface area contributed by atoms with Crippen LogP contribution < -0.4 is 5.73 Å². The average molecular weight is 285 g/mol. The van der Waals surface area contributed by atoms with Crippen LogP contribution in [0.4, 0.5) is 5.13 Å². The Morgan fingerprint density at radius 3 is 2.95 bits per heavy atom. The predicted octanol–water partition coefficient (Wildman–Crippen LogP) is 0.844. The van der Waals surface area contributed by atoms with E-state index in [2.05, 4.69) is 10.1 Å². The number of oxime groups is 1. The molecule has 0 fully saturated rings. The molecule has 8 heteroatoms. The van der Waals surface area contributed by atoms with Crippen molar-refractivity contribution in [2.75, 3.05) is 18.9 Å². The summed E-state index contributed by atoms with van der Waals surface area (Å²) in [6.07, 6.45) is 0.517. The van der Waals surface area contributed by atoms with E-state index >= 15 is 0 Å². The summed E-state index contributed by atoms with van der Waals surface area (Å²) < 4.78 is 4.81. The molecule has 0 aliphatic carbocycles. The lowest BCUT2D eigenvalue weighted by Gasteiger charge is -2.08. The zero-order valence-electron chi connectivity index (χ0n) is 10.7. The quantitative estimate of drug-likeness (QED) is 0.344. The van der Waals surface area contributed by atoms with Gasteiger partial charge in [-0.2, -0.15) is 0 Å². The van der Waals surface area contributed by atoms with E-state index in [9.17, 15) is 9.59 Å².